The fraction of sp³-hybridized carbons (Fsp3) is 0.370. The average Bonchev–Trinajstić information content (AvgIpc) is 3.30. The van der Waals surface area contributed by atoms with Crippen LogP contribution >= 0.6 is 0 Å². The summed E-state index contributed by atoms with van der Waals surface area (Å²) in [6.07, 6.45) is 3.98. The molecule has 35 heavy (non-hydrogen) atoms. The van der Waals surface area contributed by atoms with Crippen LogP contribution in [0.15, 0.2) is 71.8 Å². The van der Waals surface area contributed by atoms with E-state index in [1.807, 2.05) is 63.2 Å². The molecule has 8 heteroatoms. The summed E-state index contributed by atoms with van der Waals surface area (Å²) >= 11 is 0. The summed E-state index contributed by atoms with van der Waals surface area (Å²) in [5.74, 6) is 1.71. The van der Waals surface area contributed by atoms with Gasteiger partial charge in [-0.3, -0.25) is 9.36 Å². The van der Waals surface area contributed by atoms with Crippen molar-refractivity contribution in [2.24, 2.45) is 5.92 Å². The smallest absolute Gasteiger partial charge is 0.407 e. The Kier molecular flexibility index (Phi) is 7.39. The number of pyridine rings is 2. The van der Waals surface area contributed by atoms with Gasteiger partial charge >= 0.3 is 6.09 Å². The van der Waals surface area contributed by atoms with Crippen LogP contribution in [0.1, 0.15) is 32.8 Å². The molecule has 1 atom stereocenters. The zero-order valence-corrected chi connectivity index (χ0v) is 20.4. The van der Waals surface area contributed by atoms with Gasteiger partial charge in [-0.1, -0.05) is 30.3 Å². The van der Waals surface area contributed by atoms with Gasteiger partial charge in [0.05, 0.1) is 11.9 Å². The first-order chi connectivity index (χ1) is 16.8. The number of carbonyl (C=O) groups is 1. The van der Waals surface area contributed by atoms with Crippen LogP contribution in [0.5, 0.6) is 5.75 Å². The van der Waals surface area contributed by atoms with Gasteiger partial charge in [-0.05, 0) is 56.9 Å². The van der Waals surface area contributed by atoms with Crippen molar-refractivity contribution in [2.45, 2.75) is 39.4 Å². The first-order valence-electron chi connectivity index (χ1n) is 11.8. The van der Waals surface area contributed by atoms with Crippen molar-refractivity contribution >= 4 is 11.9 Å². The lowest BCUT2D eigenvalue weighted by molar-refractivity contribution is 0.0520. The minimum atomic E-state index is -0.505. The lowest BCUT2D eigenvalue weighted by Gasteiger charge is -2.21. The van der Waals surface area contributed by atoms with E-state index in [9.17, 15) is 9.59 Å². The maximum absolute atomic E-state index is 12.6. The fourth-order valence-electron chi connectivity index (χ4n) is 3.96. The Morgan fingerprint density at radius 1 is 1.14 bits per heavy atom. The van der Waals surface area contributed by atoms with Gasteiger partial charge in [0.1, 0.15) is 23.8 Å². The molecule has 1 aliphatic heterocycles. The molecule has 1 amide bonds. The third-order valence-corrected chi connectivity index (χ3v) is 5.69. The van der Waals surface area contributed by atoms with Gasteiger partial charge in [-0.15, -0.1) is 0 Å². The summed E-state index contributed by atoms with van der Waals surface area (Å²) < 4.78 is 12.6. The van der Waals surface area contributed by atoms with Crippen molar-refractivity contribution in [3.63, 3.8) is 0 Å². The molecular weight excluding hydrogens is 444 g/mol. The Morgan fingerprint density at radius 2 is 1.94 bits per heavy atom. The maximum Gasteiger partial charge on any atom is 0.407 e. The van der Waals surface area contributed by atoms with Crippen LogP contribution in [0.2, 0.25) is 0 Å². The van der Waals surface area contributed by atoms with Gasteiger partial charge in [-0.2, -0.15) is 0 Å². The molecule has 0 bridgehead atoms. The number of ether oxygens (including phenoxy) is 2. The molecule has 0 radical (unpaired) electrons. The number of nitrogens with zero attached hydrogens (tertiary/aromatic N) is 3. The van der Waals surface area contributed by atoms with E-state index in [1.54, 1.807) is 23.0 Å². The number of anilines is 1. The third-order valence-electron chi connectivity index (χ3n) is 5.69. The van der Waals surface area contributed by atoms with E-state index in [1.165, 1.54) is 6.07 Å². The van der Waals surface area contributed by atoms with E-state index in [2.05, 4.69) is 15.2 Å². The van der Waals surface area contributed by atoms with Crippen LogP contribution in [0.25, 0.3) is 5.69 Å². The zero-order valence-electron chi connectivity index (χ0n) is 20.4. The highest BCUT2D eigenvalue weighted by atomic mass is 16.6. The molecule has 1 aliphatic rings. The van der Waals surface area contributed by atoms with Crippen molar-refractivity contribution in [3.05, 3.63) is 82.9 Å². The van der Waals surface area contributed by atoms with Crippen LogP contribution < -0.4 is 20.5 Å². The molecule has 1 aromatic carbocycles. The molecule has 0 spiro atoms. The first-order valence-corrected chi connectivity index (χ1v) is 11.8. The molecule has 3 aromatic rings. The predicted octanol–water partition coefficient (Wildman–Crippen LogP) is 4.16. The van der Waals surface area contributed by atoms with E-state index >= 15 is 0 Å². The van der Waals surface area contributed by atoms with E-state index in [0.717, 1.165) is 30.9 Å². The highest BCUT2D eigenvalue weighted by molar-refractivity contribution is 5.67. The average molecular weight is 477 g/mol. The second-order valence-corrected chi connectivity index (χ2v) is 9.70. The summed E-state index contributed by atoms with van der Waals surface area (Å²) in [5, 5.41) is 2.86. The van der Waals surface area contributed by atoms with Crippen molar-refractivity contribution in [1.82, 2.24) is 14.9 Å². The molecular formula is C27H32N4O4. The summed E-state index contributed by atoms with van der Waals surface area (Å²) in [4.78, 5) is 31.3. The van der Waals surface area contributed by atoms with Gasteiger partial charge < -0.3 is 19.7 Å². The number of amides is 1. The summed E-state index contributed by atoms with van der Waals surface area (Å²) in [7, 11) is 0. The van der Waals surface area contributed by atoms with E-state index in [0.29, 0.717) is 30.5 Å². The quantitative estimate of drug-likeness (QED) is 0.551. The summed E-state index contributed by atoms with van der Waals surface area (Å²) in [5.41, 5.74) is 1.05. The molecule has 3 heterocycles. The molecule has 4 rings (SSSR count). The molecule has 8 nitrogen and oxygen atoms in total. The predicted molar refractivity (Wildman–Crippen MR) is 135 cm³/mol. The molecule has 1 fully saturated rings. The number of hydrogen-bond donors (Lipinski definition) is 1. The molecule has 0 saturated carbocycles. The van der Waals surface area contributed by atoms with Crippen LogP contribution in [0.4, 0.5) is 10.6 Å². The fourth-order valence-corrected chi connectivity index (χ4v) is 3.96. The summed E-state index contributed by atoms with van der Waals surface area (Å²) in [6.45, 7) is 8.18. The minimum Gasteiger partial charge on any atom is -0.489 e. The van der Waals surface area contributed by atoms with E-state index in [-0.39, 0.29) is 11.7 Å². The Hall–Kier alpha value is -3.81. The van der Waals surface area contributed by atoms with E-state index < -0.39 is 5.60 Å². The van der Waals surface area contributed by atoms with Crippen molar-refractivity contribution < 1.29 is 14.3 Å². The van der Waals surface area contributed by atoms with Crippen molar-refractivity contribution in [2.75, 3.05) is 24.5 Å². The molecule has 0 aliphatic carbocycles. The summed E-state index contributed by atoms with van der Waals surface area (Å²) in [6, 6.07) is 16.9. The van der Waals surface area contributed by atoms with Gasteiger partial charge in [-0.25, -0.2) is 9.78 Å². The lowest BCUT2D eigenvalue weighted by Crippen LogP contribution is -2.36. The number of benzene rings is 1. The monoisotopic (exact) mass is 476 g/mol. The van der Waals surface area contributed by atoms with Crippen molar-refractivity contribution in [3.8, 4) is 11.4 Å². The third kappa shape index (κ3) is 6.85. The largest absolute Gasteiger partial charge is 0.489 e. The SMILES string of the molecule is CC(C)(C)OC(=O)NC[C@H]1CCN(c2ccc(-n3ccc(OCc4ccccc4)cc3=O)cn2)C1. The van der Waals surface area contributed by atoms with E-state index in [4.69, 9.17) is 9.47 Å². The molecule has 2 aromatic heterocycles. The second kappa shape index (κ2) is 10.6. The highest BCUT2D eigenvalue weighted by Gasteiger charge is 2.25. The van der Waals surface area contributed by atoms with Crippen LogP contribution in [-0.2, 0) is 11.3 Å². The van der Waals surface area contributed by atoms with Crippen molar-refractivity contribution in [1.29, 1.82) is 0 Å². The van der Waals surface area contributed by atoms with Crippen LogP contribution in [0, 0.1) is 5.92 Å². The molecule has 1 N–H and O–H groups in total. The Bertz CT molecular complexity index is 1190. The number of aromatic nitrogens is 2. The minimum absolute atomic E-state index is 0.181. The van der Waals surface area contributed by atoms with Gasteiger partial charge in [0.2, 0.25) is 0 Å². The Morgan fingerprint density at radius 3 is 2.63 bits per heavy atom. The van der Waals surface area contributed by atoms with Gasteiger partial charge in [0.25, 0.3) is 5.56 Å². The normalized spacial score (nSPS) is 15.6. The lowest BCUT2D eigenvalue weighted by atomic mass is 10.1. The standard InChI is InChI=1S/C27H32N4O4/c1-27(2,3)35-26(33)29-16-21-11-13-30(18-21)24-10-9-22(17-28-24)31-14-12-23(15-25(31)32)34-19-20-7-5-4-6-8-20/h4-10,12,14-15,17,21H,11,13,16,18-19H2,1-3H3,(H,29,33)/t21-/m1/s1. The zero-order chi connectivity index (χ0) is 24.8. The number of rotatable bonds is 7. The number of nitrogens with one attached hydrogen (secondary N) is 1. The Balaban J connectivity index is 1.32. The number of carbonyl (C=O) groups excluding carboxylic acids is 1. The highest BCUT2D eigenvalue weighted by Crippen LogP contribution is 2.22. The van der Waals surface area contributed by atoms with Crippen LogP contribution in [0.3, 0.4) is 0 Å². The Labute approximate surface area is 205 Å². The van der Waals surface area contributed by atoms with Gasteiger partial charge in [0.15, 0.2) is 0 Å². The molecule has 0 unspecified atom stereocenters. The second-order valence-electron chi connectivity index (χ2n) is 9.70. The number of hydrogen-bond acceptors (Lipinski definition) is 6. The first kappa shape index (κ1) is 24.3. The molecule has 184 valence electrons. The molecule has 1 saturated heterocycles. The van der Waals surface area contributed by atoms with Gasteiger partial charge in [0, 0.05) is 31.9 Å². The topological polar surface area (TPSA) is 85.7 Å². The van der Waals surface area contributed by atoms with Crippen LogP contribution in [-0.4, -0.2) is 40.9 Å². The number of alkyl carbamates (subject to hydrolysis) is 1. The maximum atomic E-state index is 12.6.